The normalized spacial score (nSPS) is 11.2. The molecular weight excluding hydrogens is 412 g/mol. The van der Waals surface area contributed by atoms with Crippen LogP contribution in [0.1, 0.15) is 18.9 Å². The number of amides is 1. The maximum atomic E-state index is 12.6. The van der Waals surface area contributed by atoms with Gasteiger partial charge in [0.15, 0.2) is 0 Å². The molecule has 0 fully saturated rings. The molecule has 0 spiro atoms. The first-order valence-electron chi connectivity index (χ1n) is 9.96. The van der Waals surface area contributed by atoms with Crippen LogP contribution < -0.4 is 10.6 Å². The zero-order valence-corrected chi connectivity index (χ0v) is 18.3. The average molecular weight is 439 g/mol. The van der Waals surface area contributed by atoms with E-state index >= 15 is 0 Å². The summed E-state index contributed by atoms with van der Waals surface area (Å²) in [6, 6.07) is 26.5. The first-order chi connectivity index (χ1) is 14.5. The number of benzene rings is 3. The minimum absolute atomic E-state index is 0. The van der Waals surface area contributed by atoms with E-state index < -0.39 is 6.04 Å². The van der Waals surface area contributed by atoms with Gasteiger partial charge in [-0.15, -0.1) is 12.4 Å². The zero-order valence-electron chi connectivity index (χ0n) is 17.4. The predicted molar refractivity (Wildman–Crippen MR) is 126 cm³/mol. The summed E-state index contributed by atoms with van der Waals surface area (Å²) in [5.74, 6) is -0.597. The fourth-order valence-corrected chi connectivity index (χ4v) is 3.09. The van der Waals surface area contributed by atoms with E-state index in [1.807, 2.05) is 84.9 Å². The molecule has 3 aromatic carbocycles. The predicted octanol–water partition coefficient (Wildman–Crippen LogP) is 4.59. The van der Waals surface area contributed by atoms with Crippen LogP contribution in [-0.2, 0) is 20.9 Å². The number of hydrogen-bond acceptors (Lipinski definition) is 4. The maximum Gasteiger partial charge on any atom is 0.307 e. The Morgan fingerprint density at radius 2 is 1.42 bits per heavy atom. The Labute approximate surface area is 189 Å². The molecule has 0 saturated heterocycles. The van der Waals surface area contributed by atoms with Crippen LogP contribution in [0.15, 0.2) is 84.9 Å². The Hall–Kier alpha value is -3.15. The molecule has 31 heavy (non-hydrogen) atoms. The molecule has 162 valence electrons. The highest BCUT2D eigenvalue weighted by atomic mass is 35.5. The van der Waals surface area contributed by atoms with E-state index in [1.54, 1.807) is 11.8 Å². The molecule has 3 aromatic rings. The van der Waals surface area contributed by atoms with Crippen LogP contribution in [0.25, 0.3) is 11.1 Å². The molecule has 0 aliphatic rings. The number of ether oxygens (including phenoxy) is 1. The standard InChI is InChI=1S/C25H26N2O3.ClH/c1-19(26)25(29)27(17-16-24(28)30-18-20-8-4-2-5-9-20)23-14-12-22(13-15-23)21-10-6-3-7-11-21;/h2-15,19H,16-18,26H2,1H3;1H/t19-;/m0./s1. The molecule has 2 N–H and O–H groups in total. The third-order valence-corrected chi connectivity index (χ3v) is 4.72. The lowest BCUT2D eigenvalue weighted by Crippen LogP contribution is -2.43. The number of anilines is 1. The van der Waals surface area contributed by atoms with Gasteiger partial charge in [0.05, 0.1) is 12.5 Å². The van der Waals surface area contributed by atoms with Crippen molar-refractivity contribution < 1.29 is 14.3 Å². The second-order valence-electron chi connectivity index (χ2n) is 7.09. The molecule has 0 aliphatic carbocycles. The van der Waals surface area contributed by atoms with E-state index in [0.717, 1.165) is 16.7 Å². The fourth-order valence-electron chi connectivity index (χ4n) is 3.09. The summed E-state index contributed by atoms with van der Waals surface area (Å²) >= 11 is 0. The van der Waals surface area contributed by atoms with Gasteiger partial charge in [0.2, 0.25) is 5.91 Å². The third kappa shape index (κ3) is 6.95. The van der Waals surface area contributed by atoms with Gasteiger partial charge >= 0.3 is 5.97 Å². The number of rotatable bonds is 8. The molecule has 6 heteroatoms. The second-order valence-corrected chi connectivity index (χ2v) is 7.09. The largest absolute Gasteiger partial charge is 0.461 e. The highest BCUT2D eigenvalue weighted by Gasteiger charge is 2.20. The van der Waals surface area contributed by atoms with Gasteiger partial charge in [-0.05, 0) is 35.7 Å². The van der Waals surface area contributed by atoms with Crippen molar-refractivity contribution in [1.29, 1.82) is 0 Å². The Morgan fingerprint density at radius 3 is 2.00 bits per heavy atom. The Bertz CT molecular complexity index is 961. The van der Waals surface area contributed by atoms with Crippen LogP contribution in [0.4, 0.5) is 5.69 Å². The van der Waals surface area contributed by atoms with E-state index in [2.05, 4.69) is 0 Å². The molecule has 1 atom stereocenters. The van der Waals surface area contributed by atoms with Crippen molar-refractivity contribution in [3.63, 3.8) is 0 Å². The van der Waals surface area contributed by atoms with Gasteiger partial charge in [-0.2, -0.15) is 0 Å². The van der Waals surface area contributed by atoms with Crippen LogP contribution in [0.5, 0.6) is 0 Å². The number of halogens is 1. The van der Waals surface area contributed by atoms with Crippen LogP contribution in [0.2, 0.25) is 0 Å². The van der Waals surface area contributed by atoms with E-state index in [4.69, 9.17) is 10.5 Å². The molecule has 3 rings (SSSR count). The summed E-state index contributed by atoms with van der Waals surface area (Å²) in [6.45, 7) is 2.06. The van der Waals surface area contributed by atoms with Crippen molar-refractivity contribution in [1.82, 2.24) is 0 Å². The second kappa shape index (κ2) is 11.9. The highest BCUT2D eigenvalue weighted by Crippen LogP contribution is 2.23. The average Bonchev–Trinajstić information content (AvgIpc) is 2.79. The summed E-state index contributed by atoms with van der Waals surface area (Å²) < 4.78 is 5.32. The van der Waals surface area contributed by atoms with Gasteiger partial charge in [0.25, 0.3) is 0 Å². The minimum atomic E-state index is -0.667. The number of carbonyl (C=O) groups excluding carboxylic acids is 2. The first-order valence-corrected chi connectivity index (χ1v) is 9.96. The van der Waals surface area contributed by atoms with Crippen molar-refractivity contribution in [3.8, 4) is 11.1 Å². The Balaban J connectivity index is 0.00000341. The SMILES string of the molecule is C[C@H](N)C(=O)N(CCC(=O)OCc1ccccc1)c1ccc(-c2ccccc2)cc1.Cl. The number of hydrogen-bond donors (Lipinski definition) is 1. The lowest BCUT2D eigenvalue weighted by molar-refractivity contribution is -0.144. The van der Waals surface area contributed by atoms with Gasteiger partial charge in [-0.25, -0.2) is 0 Å². The van der Waals surface area contributed by atoms with Crippen molar-refractivity contribution >= 4 is 30.0 Å². The Morgan fingerprint density at radius 1 is 0.871 bits per heavy atom. The molecule has 0 aliphatic heterocycles. The van der Waals surface area contributed by atoms with Gasteiger partial charge in [0.1, 0.15) is 6.61 Å². The molecule has 0 saturated carbocycles. The number of carbonyl (C=O) groups is 2. The fraction of sp³-hybridized carbons (Fsp3) is 0.200. The van der Waals surface area contributed by atoms with Crippen LogP contribution >= 0.6 is 12.4 Å². The maximum absolute atomic E-state index is 12.6. The molecule has 0 unspecified atom stereocenters. The van der Waals surface area contributed by atoms with Gasteiger partial charge < -0.3 is 15.4 Å². The molecule has 0 heterocycles. The van der Waals surface area contributed by atoms with E-state index in [-0.39, 0.29) is 43.9 Å². The van der Waals surface area contributed by atoms with E-state index in [0.29, 0.717) is 5.69 Å². The van der Waals surface area contributed by atoms with Gasteiger partial charge in [-0.1, -0.05) is 72.8 Å². The number of nitrogens with zero attached hydrogens (tertiary/aromatic N) is 1. The molecule has 5 nitrogen and oxygen atoms in total. The summed E-state index contributed by atoms with van der Waals surface area (Å²) in [4.78, 5) is 26.4. The van der Waals surface area contributed by atoms with Crippen LogP contribution in [0.3, 0.4) is 0 Å². The van der Waals surface area contributed by atoms with E-state index in [1.165, 1.54) is 0 Å². The van der Waals surface area contributed by atoms with Crippen molar-refractivity contribution in [3.05, 3.63) is 90.5 Å². The molecule has 0 aromatic heterocycles. The monoisotopic (exact) mass is 438 g/mol. The van der Waals surface area contributed by atoms with Crippen molar-refractivity contribution in [2.75, 3.05) is 11.4 Å². The molecular formula is C25H27ClN2O3. The third-order valence-electron chi connectivity index (χ3n) is 4.72. The molecule has 0 bridgehead atoms. The van der Waals surface area contributed by atoms with Crippen molar-refractivity contribution in [2.45, 2.75) is 26.0 Å². The van der Waals surface area contributed by atoms with Gasteiger partial charge in [-0.3, -0.25) is 9.59 Å². The smallest absolute Gasteiger partial charge is 0.307 e. The van der Waals surface area contributed by atoms with Gasteiger partial charge in [0, 0.05) is 12.2 Å². The summed E-state index contributed by atoms with van der Waals surface area (Å²) in [6.07, 6.45) is 0.0890. The Kier molecular flexibility index (Phi) is 9.25. The lowest BCUT2D eigenvalue weighted by Gasteiger charge is -2.24. The quantitative estimate of drug-likeness (QED) is 0.522. The number of esters is 1. The topological polar surface area (TPSA) is 72.6 Å². The molecule has 0 radical (unpaired) electrons. The minimum Gasteiger partial charge on any atom is -0.461 e. The molecule has 1 amide bonds. The van der Waals surface area contributed by atoms with Crippen molar-refractivity contribution in [2.24, 2.45) is 5.73 Å². The number of nitrogens with two attached hydrogens (primary N) is 1. The first kappa shape index (κ1) is 24.1. The van der Waals surface area contributed by atoms with Crippen LogP contribution in [-0.4, -0.2) is 24.5 Å². The van der Waals surface area contributed by atoms with E-state index in [9.17, 15) is 9.59 Å². The summed E-state index contributed by atoms with van der Waals surface area (Å²) in [7, 11) is 0. The zero-order chi connectivity index (χ0) is 21.3. The summed E-state index contributed by atoms with van der Waals surface area (Å²) in [5, 5.41) is 0. The lowest BCUT2D eigenvalue weighted by atomic mass is 10.1. The van der Waals surface area contributed by atoms with Crippen LogP contribution in [0, 0.1) is 0 Å². The highest BCUT2D eigenvalue weighted by molar-refractivity contribution is 5.97. The summed E-state index contributed by atoms with van der Waals surface area (Å²) in [5.41, 5.74) is 9.60.